The molecule has 0 aliphatic carbocycles. The van der Waals surface area contributed by atoms with Gasteiger partial charge in [-0.1, -0.05) is 61.4 Å². The molecule has 0 bridgehead atoms. The molecular formula is C28H29N3O4S. The summed E-state index contributed by atoms with van der Waals surface area (Å²) in [5.74, 6) is -0.543. The summed E-state index contributed by atoms with van der Waals surface area (Å²) >= 11 is 0. The number of carbonyl (C=O) groups excluding carboxylic acids is 2. The number of sulfonamides is 1. The van der Waals surface area contributed by atoms with Gasteiger partial charge in [0.15, 0.2) is 0 Å². The number of carbonyl (C=O) groups is 2. The molecule has 0 saturated carbocycles. The SMILES string of the molecule is O=C(Nc1ccc(S(=O)(=O)N2CCCCCC2)cc1)[C@@H](c1ccccc1)N1Cc2ccccc2C1=O. The first-order chi connectivity index (χ1) is 17.4. The number of hydrogen-bond acceptors (Lipinski definition) is 4. The van der Waals surface area contributed by atoms with Crippen molar-refractivity contribution in [3.8, 4) is 0 Å². The van der Waals surface area contributed by atoms with Gasteiger partial charge in [0.2, 0.25) is 10.0 Å². The van der Waals surface area contributed by atoms with E-state index < -0.39 is 16.1 Å². The Hall–Kier alpha value is -3.49. The lowest BCUT2D eigenvalue weighted by molar-refractivity contribution is -0.120. The van der Waals surface area contributed by atoms with E-state index in [1.807, 2.05) is 48.5 Å². The highest BCUT2D eigenvalue weighted by Crippen LogP contribution is 2.32. The third-order valence-electron chi connectivity index (χ3n) is 6.85. The van der Waals surface area contributed by atoms with E-state index in [2.05, 4.69) is 5.32 Å². The quantitative estimate of drug-likeness (QED) is 0.533. The van der Waals surface area contributed by atoms with Crippen LogP contribution >= 0.6 is 0 Å². The molecule has 1 atom stereocenters. The summed E-state index contributed by atoms with van der Waals surface area (Å²) < 4.78 is 27.7. The lowest BCUT2D eigenvalue weighted by Crippen LogP contribution is -2.37. The van der Waals surface area contributed by atoms with Gasteiger partial charge in [-0.05, 0) is 54.3 Å². The molecule has 0 radical (unpaired) electrons. The number of benzene rings is 3. The molecule has 1 fully saturated rings. The Morgan fingerprint density at radius 1 is 0.806 bits per heavy atom. The number of amides is 2. The van der Waals surface area contributed by atoms with Gasteiger partial charge in [-0.15, -0.1) is 0 Å². The van der Waals surface area contributed by atoms with Crippen molar-refractivity contribution in [1.29, 1.82) is 0 Å². The second kappa shape index (κ2) is 10.2. The molecule has 0 aromatic heterocycles. The van der Waals surface area contributed by atoms with Gasteiger partial charge in [0.1, 0.15) is 6.04 Å². The Morgan fingerprint density at radius 2 is 1.44 bits per heavy atom. The minimum absolute atomic E-state index is 0.187. The molecule has 1 N–H and O–H groups in total. The predicted molar refractivity (Wildman–Crippen MR) is 138 cm³/mol. The summed E-state index contributed by atoms with van der Waals surface area (Å²) in [6, 6.07) is 22.0. The molecule has 0 unspecified atom stereocenters. The summed E-state index contributed by atoms with van der Waals surface area (Å²) in [7, 11) is -3.57. The van der Waals surface area contributed by atoms with Crippen molar-refractivity contribution in [3.63, 3.8) is 0 Å². The highest BCUT2D eigenvalue weighted by Gasteiger charge is 2.37. The van der Waals surface area contributed by atoms with Gasteiger partial charge in [-0.3, -0.25) is 9.59 Å². The minimum atomic E-state index is -3.57. The van der Waals surface area contributed by atoms with E-state index in [0.717, 1.165) is 31.2 Å². The molecule has 7 nitrogen and oxygen atoms in total. The summed E-state index contributed by atoms with van der Waals surface area (Å²) in [4.78, 5) is 28.5. The number of hydrogen-bond donors (Lipinski definition) is 1. The smallest absolute Gasteiger partial charge is 0.255 e. The van der Waals surface area contributed by atoms with Gasteiger partial charge in [-0.2, -0.15) is 4.31 Å². The van der Waals surface area contributed by atoms with Crippen LogP contribution < -0.4 is 5.32 Å². The summed E-state index contributed by atoms with van der Waals surface area (Å²) in [6.07, 6.45) is 3.83. The zero-order valence-electron chi connectivity index (χ0n) is 20.0. The van der Waals surface area contributed by atoms with Crippen LogP contribution in [0.15, 0.2) is 83.8 Å². The van der Waals surface area contributed by atoms with Crippen LogP contribution in [0.2, 0.25) is 0 Å². The second-order valence-electron chi connectivity index (χ2n) is 9.24. The highest BCUT2D eigenvalue weighted by atomic mass is 32.2. The maximum absolute atomic E-state index is 13.5. The van der Waals surface area contributed by atoms with Gasteiger partial charge in [-0.25, -0.2) is 8.42 Å². The second-order valence-corrected chi connectivity index (χ2v) is 11.2. The largest absolute Gasteiger partial charge is 0.324 e. The first-order valence-electron chi connectivity index (χ1n) is 12.3. The first-order valence-corrected chi connectivity index (χ1v) is 13.7. The van der Waals surface area contributed by atoms with E-state index in [4.69, 9.17) is 0 Å². The van der Waals surface area contributed by atoms with Crippen LogP contribution in [0.1, 0.15) is 53.2 Å². The Morgan fingerprint density at radius 3 is 2.11 bits per heavy atom. The van der Waals surface area contributed by atoms with Crippen molar-refractivity contribution in [3.05, 3.63) is 95.6 Å². The van der Waals surface area contributed by atoms with Crippen molar-refractivity contribution >= 4 is 27.5 Å². The summed E-state index contributed by atoms with van der Waals surface area (Å²) in [5.41, 5.74) is 2.67. The molecule has 36 heavy (non-hydrogen) atoms. The Bertz CT molecular complexity index is 1350. The van der Waals surface area contributed by atoms with Crippen molar-refractivity contribution in [2.45, 2.75) is 43.2 Å². The Kier molecular flexibility index (Phi) is 6.89. The van der Waals surface area contributed by atoms with Crippen LogP contribution in [0, 0.1) is 0 Å². The molecule has 8 heteroatoms. The van der Waals surface area contributed by atoms with E-state index in [1.165, 1.54) is 12.1 Å². The van der Waals surface area contributed by atoms with Gasteiger partial charge in [0.05, 0.1) is 4.90 Å². The minimum Gasteiger partial charge on any atom is -0.324 e. The van der Waals surface area contributed by atoms with E-state index >= 15 is 0 Å². The number of anilines is 1. The van der Waals surface area contributed by atoms with Gasteiger partial charge in [0.25, 0.3) is 11.8 Å². The zero-order chi connectivity index (χ0) is 25.1. The standard InChI is InChI=1S/C28H29N3O4S/c32-27(29-23-14-16-24(17-15-23)36(34,35)30-18-8-1-2-9-19-30)26(21-10-4-3-5-11-21)31-20-22-12-6-7-13-25(22)28(31)33/h3-7,10-17,26H,1-2,8-9,18-20H2,(H,29,32)/t26-/m1/s1. The van der Waals surface area contributed by atoms with Crippen LogP contribution in [0.3, 0.4) is 0 Å². The van der Waals surface area contributed by atoms with E-state index in [0.29, 0.717) is 36.4 Å². The number of fused-ring (bicyclic) bond motifs is 1. The molecule has 3 aromatic carbocycles. The average Bonchev–Trinajstić information content (AvgIpc) is 3.05. The molecule has 186 valence electrons. The normalized spacial score (nSPS) is 17.3. The molecular weight excluding hydrogens is 474 g/mol. The highest BCUT2D eigenvalue weighted by molar-refractivity contribution is 7.89. The van der Waals surface area contributed by atoms with Crippen LogP contribution in [0.25, 0.3) is 0 Å². The summed E-state index contributed by atoms with van der Waals surface area (Å²) in [6.45, 7) is 1.41. The fourth-order valence-electron chi connectivity index (χ4n) is 4.95. The molecule has 2 heterocycles. The maximum atomic E-state index is 13.5. The lowest BCUT2D eigenvalue weighted by atomic mass is 10.0. The van der Waals surface area contributed by atoms with Crippen molar-refractivity contribution in [1.82, 2.24) is 9.21 Å². The van der Waals surface area contributed by atoms with Crippen LogP contribution in [-0.4, -0.2) is 42.5 Å². The first kappa shape index (κ1) is 24.2. The molecule has 2 aliphatic rings. The number of rotatable bonds is 6. The zero-order valence-corrected chi connectivity index (χ0v) is 20.8. The topological polar surface area (TPSA) is 86.8 Å². The van der Waals surface area contributed by atoms with Gasteiger partial charge in [0, 0.05) is 30.9 Å². The van der Waals surface area contributed by atoms with Crippen LogP contribution in [0.5, 0.6) is 0 Å². The van der Waals surface area contributed by atoms with Crippen molar-refractivity contribution in [2.75, 3.05) is 18.4 Å². The van der Waals surface area contributed by atoms with Gasteiger partial charge >= 0.3 is 0 Å². The van der Waals surface area contributed by atoms with Gasteiger partial charge < -0.3 is 10.2 Å². The average molecular weight is 504 g/mol. The summed E-state index contributed by atoms with van der Waals surface area (Å²) in [5, 5.41) is 2.89. The van der Waals surface area contributed by atoms with E-state index in [-0.39, 0.29) is 16.7 Å². The molecule has 5 rings (SSSR count). The third kappa shape index (κ3) is 4.79. The Labute approximate surface area is 211 Å². The van der Waals surface area contributed by atoms with Crippen molar-refractivity contribution in [2.24, 2.45) is 0 Å². The molecule has 1 saturated heterocycles. The third-order valence-corrected chi connectivity index (χ3v) is 8.76. The molecule has 3 aromatic rings. The predicted octanol–water partition coefficient (Wildman–Crippen LogP) is 4.59. The molecule has 2 aliphatic heterocycles. The van der Waals surface area contributed by atoms with E-state index in [9.17, 15) is 18.0 Å². The van der Waals surface area contributed by atoms with E-state index in [1.54, 1.807) is 27.4 Å². The maximum Gasteiger partial charge on any atom is 0.255 e. The van der Waals surface area contributed by atoms with Crippen molar-refractivity contribution < 1.29 is 18.0 Å². The Balaban J connectivity index is 1.37. The fraction of sp³-hybridized carbons (Fsp3) is 0.286. The van der Waals surface area contributed by atoms with Crippen LogP contribution in [0.4, 0.5) is 5.69 Å². The molecule has 0 spiro atoms. The number of nitrogens with zero attached hydrogens (tertiary/aromatic N) is 2. The number of nitrogens with one attached hydrogen (secondary N) is 1. The fourth-order valence-corrected chi connectivity index (χ4v) is 6.46. The lowest BCUT2D eigenvalue weighted by Gasteiger charge is -2.27. The van der Waals surface area contributed by atoms with Crippen LogP contribution in [-0.2, 0) is 21.4 Å². The molecule has 2 amide bonds. The monoisotopic (exact) mass is 503 g/mol.